The van der Waals surface area contributed by atoms with Crippen molar-refractivity contribution in [2.24, 2.45) is 0 Å². The van der Waals surface area contributed by atoms with E-state index in [9.17, 15) is 0 Å². The Morgan fingerprint density at radius 1 is 0.383 bits per heavy atom. The predicted octanol–water partition coefficient (Wildman–Crippen LogP) is 11.5. The molecule has 60 heavy (non-hydrogen) atoms. The van der Waals surface area contributed by atoms with E-state index in [4.69, 9.17) is 0 Å². The lowest BCUT2D eigenvalue weighted by Gasteiger charge is -2.52. The summed E-state index contributed by atoms with van der Waals surface area (Å²) in [4.78, 5) is 5.40. The maximum Gasteiger partial charge on any atom is 0.329 e. The SMILES string of the molecule is CC(C)(C)c1ccc(N2c3cc4ccccc4cc3B3c4cc(C(C)(C)C)cc5c4N4B(c6cc(C(C)(C)C)ccc6-5)c5cc(C(C)(C)C)ccc5-c5ccc2c3c54)cc1. The second kappa shape index (κ2) is 12.1. The van der Waals surface area contributed by atoms with Crippen LogP contribution in [0.1, 0.15) is 105 Å². The van der Waals surface area contributed by atoms with Gasteiger partial charge in [-0.25, -0.2) is 0 Å². The molecule has 0 amide bonds. The van der Waals surface area contributed by atoms with Crippen LogP contribution >= 0.6 is 0 Å². The van der Waals surface area contributed by atoms with Gasteiger partial charge in [0.05, 0.1) is 0 Å². The fourth-order valence-electron chi connectivity index (χ4n) is 10.8. The third-order valence-corrected chi connectivity index (χ3v) is 14.2. The lowest BCUT2D eigenvalue weighted by atomic mass is 9.30. The molecule has 0 aliphatic carbocycles. The average molecular weight is 779 g/mol. The highest BCUT2D eigenvalue weighted by atomic mass is 15.2. The first-order valence-corrected chi connectivity index (χ1v) is 22.2. The van der Waals surface area contributed by atoms with Crippen molar-refractivity contribution in [2.75, 3.05) is 9.71 Å². The lowest BCUT2D eigenvalue weighted by molar-refractivity contribution is 0.590. The van der Waals surface area contributed by atoms with Crippen LogP contribution in [0, 0.1) is 0 Å². The van der Waals surface area contributed by atoms with Crippen LogP contribution in [0.4, 0.5) is 28.4 Å². The summed E-state index contributed by atoms with van der Waals surface area (Å²) < 4.78 is 0. The first kappa shape index (κ1) is 37.5. The maximum atomic E-state index is 2.82. The number of benzene rings is 7. The van der Waals surface area contributed by atoms with Gasteiger partial charge in [-0.05, 0) is 123 Å². The molecule has 11 rings (SSSR count). The number of rotatable bonds is 1. The van der Waals surface area contributed by atoms with Crippen molar-refractivity contribution in [3.05, 3.63) is 144 Å². The van der Waals surface area contributed by atoms with E-state index >= 15 is 0 Å². The molecule has 0 N–H and O–H groups in total. The van der Waals surface area contributed by atoms with E-state index in [1.54, 1.807) is 0 Å². The van der Waals surface area contributed by atoms with Crippen LogP contribution in [0.3, 0.4) is 0 Å². The van der Waals surface area contributed by atoms with Crippen molar-refractivity contribution < 1.29 is 0 Å². The van der Waals surface area contributed by atoms with Gasteiger partial charge in [-0.3, -0.25) is 0 Å². The summed E-state index contributed by atoms with van der Waals surface area (Å²) in [5, 5.41) is 2.55. The zero-order chi connectivity index (χ0) is 42.0. The van der Waals surface area contributed by atoms with Crippen LogP contribution in [-0.4, -0.2) is 13.6 Å². The molecule has 0 bridgehead atoms. The lowest BCUT2D eigenvalue weighted by Crippen LogP contribution is -2.69. The number of nitrogens with zero attached hydrogens (tertiary/aromatic N) is 2. The summed E-state index contributed by atoms with van der Waals surface area (Å²) in [5.41, 5.74) is 24.5. The molecule has 7 aromatic carbocycles. The Balaban J connectivity index is 1.31. The molecule has 0 saturated heterocycles. The Labute approximate surface area is 358 Å². The topological polar surface area (TPSA) is 6.48 Å². The fourth-order valence-corrected chi connectivity index (χ4v) is 10.8. The third-order valence-electron chi connectivity index (χ3n) is 14.2. The molecule has 0 saturated carbocycles. The van der Waals surface area contributed by atoms with Gasteiger partial charge in [-0.1, -0.05) is 174 Å². The Morgan fingerprint density at radius 2 is 0.900 bits per heavy atom. The summed E-state index contributed by atoms with van der Waals surface area (Å²) in [5.74, 6) is 0. The molecule has 0 aromatic heterocycles. The minimum atomic E-state index is -0.0450. The molecular weight excluding hydrogens is 722 g/mol. The molecular formula is C56H56B2N2. The third kappa shape index (κ3) is 5.28. The quantitative estimate of drug-likeness (QED) is 0.153. The molecule has 4 heterocycles. The predicted molar refractivity (Wildman–Crippen MR) is 263 cm³/mol. The summed E-state index contributed by atoms with van der Waals surface area (Å²) in [6.45, 7) is 28.3. The largest absolute Gasteiger partial charge is 0.377 e. The van der Waals surface area contributed by atoms with Crippen molar-refractivity contribution in [1.82, 2.24) is 0 Å². The van der Waals surface area contributed by atoms with Gasteiger partial charge in [0.1, 0.15) is 0 Å². The van der Waals surface area contributed by atoms with Crippen molar-refractivity contribution in [2.45, 2.75) is 105 Å². The zero-order valence-electron chi connectivity index (χ0n) is 37.6. The van der Waals surface area contributed by atoms with Gasteiger partial charge in [0.2, 0.25) is 0 Å². The van der Waals surface area contributed by atoms with Gasteiger partial charge < -0.3 is 9.71 Å². The van der Waals surface area contributed by atoms with Crippen LogP contribution in [0.5, 0.6) is 0 Å². The number of hydrogen-bond acceptors (Lipinski definition) is 2. The van der Waals surface area contributed by atoms with E-state index in [1.807, 2.05) is 0 Å². The number of hydrogen-bond donors (Lipinski definition) is 0. The van der Waals surface area contributed by atoms with E-state index in [1.165, 1.54) is 111 Å². The van der Waals surface area contributed by atoms with Crippen LogP contribution in [0.15, 0.2) is 121 Å². The standard InChI is InChI=1S/C56H56B2N2/c1-53(2,3)35-17-21-39(22-18-35)59-48-26-25-42-40-23-19-36(54(4,5)6)30-44(40)58-45-31-37(55(7,8)9)20-24-41(45)43-29-38(56(10,11)12)32-47-51(43)60(58)52(42)50(48)57(47)46-27-33-15-13-14-16-34(33)28-49(46)59/h13-32H,1-12H3. The average Bonchev–Trinajstić information content (AvgIpc) is 3.19. The molecule has 0 unspecified atom stereocenters. The van der Waals surface area contributed by atoms with Gasteiger partial charge in [-0.15, -0.1) is 0 Å². The molecule has 0 spiro atoms. The first-order chi connectivity index (χ1) is 28.3. The van der Waals surface area contributed by atoms with Crippen LogP contribution in [0.2, 0.25) is 0 Å². The van der Waals surface area contributed by atoms with Crippen LogP contribution in [-0.2, 0) is 21.7 Å². The minimum absolute atomic E-state index is 0.0120. The molecule has 2 nitrogen and oxygen atoms in total. The van der Waals surface area contributed by atoms with Crippen molar-refractivity contribution in [3.8, 4) is 22.3 Å². The molecule has 4 aliphatic heterocycles. The normalized spacial score (nSPS) is 14.9. The number of fused-ring (bicyclic) bond motifs is 10. The monoisotopic (exact) mass is 778 g/mol. The van der Waals surface area contributed by atoms with E-state index in [0.29, 0.717) is 0 Å². The summed E-state index contributed by atoms with van der Waals surface area (Å²) in [6, 6.07) is 48.2. The van der Waals surface area contributed by atoms with Gasteiger partial charge in [0, 0.05) is 39.6 Å². The summed E-state index contributed by atoms with van der Waals surface area (Å²) in [7, 11) is 0. The molecule has 0 fully saturated rings. The first-order valence-electron chi connectivity index (χ1n) is 22.2. The van der Waals surface area contributed by atoms with E-state index in [2.05, 4.69) is 214 Å². The van der Waals surface area contributed by atoms with E-state index in [-0.39, 0.29) is 35.2 Å². The molecule has 4 aliphatic rings. The zero-order valence-corrected chi connectivity index (χ0v) is 37.6. The smallest absolute Gasteiger partial charge is 0.329 e. The van der Waals surface area contributed by atoms with Crippen molar-refractivity contribution in [1.29, 1.82) is 0 Å². The Kier molecular flexibility index (Phi) is 7.56. The summed E-state index contributed by atoms with van der Waals surface area (Å²) >= 11 is 0. The van der Waals surface area contributed by atoms with E-state index in [0.717, 1.165) is 0 Å². The highest BCUT2D eigenvalue weighted by Gasteiger charge is 2.52. The van der Waals surface area contributed by atoms with Crippen LogP contribution < -0.4 is 37.0 Å². The van der Waals surface area contributed by atoms with Crippen molar-refractivity contribution >= 4 is 80.1 Å². The molecule has 0 radical (unpaired) electrons. The number of anilines is 5. The highest BCUT2D eigenvalue weighted by molar-refractivity contribution is 7.03. The second-order valence-electron chi connectivity index (χ2n) is 22.3. The van der Waals surface area contributed by atoms with E-state index < -0.39 is 0 Å². The summed E-state index contributed by atoms with van der Waals surface area (Å²) in [6.07, 6.45) is 0. The Bertz CT molecular complexity index is 2980. The minimum Gasteiger partial charge on any atom is -0.377 e. The maximum absolute atomic E-state index is 2.82. The fraction of sp³-hybridized carbons (Fsp3) is 0.286. The second-order valence-corrected chi connectivity index (χ2v) is 22.3. The Hall–Kier alpha value is -5.47. The highest BCUT2D eigenvalue weighted by Crippen LogP contribution is 2.52. The van der Waals surface area contributed by atoms with Gasteiger partial charge >= 0.3 is 6.85 Å². The van der Waals surface area contributed by atoms with Gasteiger partial charge in [0.25, 0.3) is 6.71 Å². The Morgan fingerprint density at radius 3 is 1.48 bits per heavy atom. The molecule has 296 valence electrons. The van der Waals surface area contributed by atoms with Crippen LogP contribution in [0.25, 0.3) is 33.0 Å². The molecule has 4 heteroatoms. The molecule has 7 aromatic rings. The van der Waals surface area contributed by atoms with Gasteiger partial charge in [0.15, 0.2) is 0 Å². The van der Waals surface area contributed by atoms with Crippen molar-refractivity contribution in [3.63, 3.8) is 0 Å². The molecule has 0 atom stereocenters. The van der Waals surface area contributed by atoms with Gasteiger partial charge in [-0.2, -0.15) is 0 Å².